The highest BCUT2D eigenvalue weighted by atomic mass is 16.2. The van der Waals surface area contributed by atoms with Gasteiger partial charge in [0, 0.05) is 18.2 Å². The van der Waals surface area contributed by atoms with Crippen molar-refractivity contribution in [2.75, 3.05) is 16.0 Å². The first-order valence-corrected chi connectivity index (χ1v) is 8.96. The van der Waals surface area contributed by atoms with Crippen molar-refractivity contribution in [2.45, 2.75) is 20.8 Å². The second kappa shape index (κ2) is 8.39. The van der Waals surface area contributed by atoms with Gasteiger partial charge in [0.15, 0.2) is 0 Å². The number of para-hydroxylation sites is 1. The van der Waals surface area contributed by atoms with Crippen molar-refractivity contribution in [3.63, 3.8) is 0 Å². The molecule has 148 valence electrons. The molecule has 0 unspecified atom stereocenters. The van der Waals surface area contributed by atoms with E-state index in [1.165, 1.54) is 6.92 Å². The first-order valence-electron chi connectivity index (χ1n) is 8.96. The van der Waals surface area contributed by atoms with E-state index < -0.39 is 5.91 Å². The van der Waals surface area contributed by atoms with Crippen LogP contribution >= 0.6 is 0 Å². The Bertz CT molecular complexity index is 1070. The molecule has 3 aromatic rings. The summed E-state index contributed by atoms with van der Waals surface area (Å²) >= 11 is 0. The number of nitrogens with zero attached hydrogens (tertiary/aromatic N) is 1. The molecule has 0 atom stereocenters. The molecular weight excluding hydrogens is 370 g/mol. The number of aromatic amines is 1. The van der Waals surface area contributed by atoms with Crippen molar-refractivity contribution in [2.24, 2.45) is 0 Å². The molecule has 0 saturated heterocycles. The van der Waals surface area contributed by atoms with Gasteiger partial charge in [0.05, 0.1) is 28.3 Å². The SMILES string of the molecule is CC(=O)Nc1ccccc1C(=O)Nc1cccc(C(=O)Nc2c(C)n[nH]c2C)c1. The minimum absolute atomic E-state index is 0.270. The molecule has 0 spiro atoms. The van der Waals surface area contributed by atoms with Gasteiger partial charge in [-0.1, -0.05) is 18.2 Å². The third-order valence-electron chi connectivity index (χ3n) is 4.23. The molecule has 0 aliphatic carbocycles. The minimum atomic E-state index is -0.395. The number of hydrogen-bond acceptors (Lipinski definition) is 4. The highest BCUT2D eigenvalue weighted by molar-refractivity contribution is 6.11. The number of aryl methyl sites for hydroxylation is 2. The zero-order valence-electron chi connectivity index (χ0n) is 16.3. The molecule has 4 N–H and O–H groups in total. The van der Waals surface area contributed by atoms with Gasteiger partial charge in [0.25, 0.3) is 11.8 Å². The highest BCUT2D eigenvalue weighted by Crippen LogP contribution is 2.20. The molecule has 29 heavy (non-hydrogen) atoms. The number of aromatic nitrogens is 2. The maximum Gasteiger partial charge on any atom is 0.257 e. The zero-order chi connectivity index (χ0) is 21.0. The van der Waals surface area contributed by atoms with Crippen LogP contribution in [0.1, 0.15) is 39.0 Å². The van der Waals surface area contributed by atoms with Gasteiger partial charge in [-0.25, -0.2) is 0 Å². The number of benzene rings is 2. The van der Waals surface area contributed by atoms with E-state index in [9.17, 15) is 14.4 Å². The normalized spacial score (nSPS) is 10.3. The third kappa shape index (κ3) is 4.67. The molecule has 0 radical (unpaired) electrons. The van der Waals surface area contributed by atoms with Gasteiger partial charge in [-0.3, -0.25) is 19.5 Å². The lowest BCUT2D eigenvalue weighted by Crippen LogP contribution is -2.17. The van der Waals surface area contributed by atoms with Crippen LogP contribution in [-0.2, 0) is 4.79 Å². The summed E-state index contributed by atoms with van der Waals surface area (Å²) in [5.41, 5.74) is 3.66. The molecule has 0 fully saturated rings. The van der Waals surface area contributed by atoms with Crippen LogP contribution in [0, 0.1) is 13.8 Å². The van der Waals surface area contributed by atoms with E-state index >= 15 is 0 Å². The molecule has 2 aromatic carbocycles. The third-order valence-corrected chi connectivity index (χ3v) is 4.23. The number of nitrogens with one attached hydrogen (secondary N) is 4. The molecule has 0 saturated carbocycles. The summed E-state index contributed by atoms with van der Waals surface area (Å²) in [7, 11) is 0. The molecule has 3 rings (SSSR count). The standard InChI is InChI=1S/C21H21N5O3/c1-12-19(13(2)26-25-12)24-20(28)15-7-6-8-16(11-15)23-21(29)17-9-4-5-10-18(17)22-14(3)27/h4-11H,1-3H3,(H,22,27)(H,23,29)(H,24,28)(H,25,26). The van der Waals surface area contributed by atoms with E-state index in [2.05, 4.69) is 26.1 Å². The Morgan fingerprint density at radius 2 is 1.66 bits per heavy atom. The van der Waals surface area contributed by atoms with E-state index in [4.69, 9.17) is 0 Å². The molecule has 3 amide bonds. The second-order valence-electron chi connectivity index (χ2n) is 6.52. The lowest BCUT2D eigenvalue weighted by molar-refractivity contribution is -0.114. The molecule has 8 nitrogen and oxygen atoms in total. The maximum atomic E-state index is 12.7. The largest absolute Gasteiger partial charge is 0.326 e. The Kier molecular flexibility index (Phi) is 5.73. The van der Waals surface area contributed by atoms with E-state index in [0.29, 0.717) is 33.9 Å². The smallest absolute Gasteiger partial charge is 0.257 e. The topological polar surface area (TPSA) is 116 Å². The van der Waals surface area contributed by atoms with Crippen molar-refractivity contribution in [3.8, 4) is 0 Å². The maximum absolute atomic E-state index is 12.7. The summed E-state index contributed by atoms with van der Waals surface area (Å²) in [6.45, 7) is 4.99. The average Bonchev–Trinajstić information content (AvgIpc) is 3.00. The summed E-state index contributed by atoms with van der Waals surface area (Å²) in [6.07, 6.45) is 0. The quantitative estimate of drug-likeness (QED) is 0.533. The number of rotatable bonds is 5. The van der Waals surface area contributed by atoms with Crippen molar-refractivity contribution in [3.05, 3.63) is 71.0 Å². The molecule has 8 heteroatoms. The molecule has 0 aliphatic heterocycles. The van der Waals surface area contributed by atoms with Crippen molar-refractivity contribution < 1.29 is 14.4 Å². The molecular formula is C21H21N5O3. The zero-order valence-corrected chi connectivity index (χ0v) is 16.3. The number of hydrogen-bond donors (Lipinski definition) is 4. The summed E-state index contributed by atoms with van der Waals surface area (Å²) in [4.78, 5) is 36.6. The number of carbonyl (C=O) groups excluding carboxylic acids is 3. The van der Waals surface area contributed by atoms with Crippen molar-refractivity contribution in [1.82, 2.24) is 10.2 Å². The van der Waals surface area contributed by atoms with Crippen LogP contribution in [0.3, 0.4) is 0 Å². The van der Waals surface area contributed by atoms with Gasteiger partial charge in [-0.2, -0.15) is 5.10 Å². The molecule has 0 aliphatic rings. The summed E-state index contributed by atoms with van der Waals surface area (Å²) < 4.78 is 0. The van der Waals surface area contributed by atoms with Crippen LogP contribution in [0.4, 0.5) is 17.1 Å². The van der Waals surface area contributed by atoms with Crippen LogP contribution in [-0.4, -0.2) is 27.9 Å². The Hall–Kier alpha value is -3.94. The van der Waals surface area contributed by atoms with Crippen molar-refractivity contribution in [1.29, 1.82) is 0 Å². The fraction of sp³-hybridized carbons (Fsp3) is 0.143. The van der Waals surface area contributed by atoms with Crippen molar-refractivity contribution >= 4 is 34.8 Å². The second-order valence-corrected chi connectivity index (χ2v) is 6.52. The van der Waals surface area contributed by atoms with Crippen LogP contribution < -0.4 is 16.0 Å². The van der Waals surface area contributed by atoms with Gasteiger partial charge >= 0.3 is 0 Å². The Morgan fingerprint density at radius 3 is 2.34 bits per heavy atom. The number of H-pyrrole nitrogens is 1. The fourth-order valence-corrected chi connectivity index (χ4v) is 2.84. The predicted octanol–water partition coefficient (Wildman–Crippen LogP) is 3.49. The molecule has 0 bridgehead atoms. The van der Waals surface area contributed by atoms with E-state index in [1.807, 2.05) is 6.92 Å². The Morgan fingerprint density at radius 1 is 0.897 bits per heavy atom. The van der Waals surface area contributed by atoms with Gasteiger partial charge in [0.2, 0.25) is 5.91 Å². The van der Waals surface area contributed by atoms with E-state index in [-0.39, 0.29) is 11.8 Å². The Labute approximate surface area is 167 Å². The van der Waals surface area contributed by atoms with Crippen LogP contribution in [0.5, 0.6) is 0 Å². The number of anilines is 3. The Balaban J connectivity index is 1.77. The minimum Gasteiger partial charge on any atom is -0.326 e. The predicted molar refractivity (Wildman–Crippen MR) is 111 cm³/mol. The summed E-state index contributed by atoms with van der Waals surface area (Å²) in [5, 5.41) is 15.1. The van der Waals surface area contributed by atoms with Crippen LogP contribution in [0.2, 0.25) is 0 Å². The summed E-state index contributed by atoms with van der Waals surface area (Å²) in [6, 6.07) is 13.3. The van der Waals surface area contributed by atoms with Crippen LogP contribution in [0.15, 0.2) is 48.5 Å². The highest BCUT2D eigenvalue weighted by Gasteiger charge is 2.15. The van der Waals surface area contributed by atoms with Gasteiger partial charge in [-0.05, 0) is 44.2 Å². The average molecular weight is 391 g/mol. The lowest BCUT2D eigenvalue weighted by Gasteiger charge is -2.11. The summed E-state index contributed by atoms with van der Waals surface area (Å²) in [5.74, 6) is -0.977. The molecule has 1 aromatic heterocycles. The van der Waals surface area contributed by atoms with Crippen LogP contribution in [0.25, 0.3) is 0 Å². The first kappa shape index (κ1) is 19.8. The number of carbonyl (C=O) groups is 3. The van der Waals surface area contributed by atoms with Gasteiger partial charge in [0.1, 0.15) is 0 Å². The molecule has 1 heterocycles. The van der Waals surface area contributed by atoms with E-state index in [1.54, 1.807) is 55.5 Å². The monoisotopic (exact) mass is 391 g/mol. The van der Waals surface area contributed by atoms with Gasteiger partial charge in [-0.15, -0.1) is 0 Å². The van der Waals surface area contributed by atoms with E-state index in [0.717, 1.165) is 5.69 Å². The fourth-order valence-electron chi connectivity index (χ4n) is 2.84. The first-order chi connectivity index (χ1) is 13.8. The van der Waals surface area contributed by atoms with Gasteiger partial charge < -0.3 is 16.0 Å². The number of amides is 3. The lowest BCUT2D eigenvalue weighted by atomic mass is 10.1.